The second kappa shape index (κ2) is 6.06. The van der Waals surface area contributed by atoms with Gasteiger partial charge >= 0.3 is 12.4 Å². The predicted molar refractivity (Wildman–Crippen MR) is 70.8 cm³/mol. The SMILES string of the molecule is O=CC(c1cccc(C(F)(F)F)c1)c1cccc(C(F)(F)F)c1. The van der Waals surface area contributed by atoms with Gasteiger partial charge in [0.2, 0.25) is 0 Å². The molecule has 0 saturated carbocycles. The van der Waals surface area contributed by atoms with E-state index in [0.29, 0.717) is 6.29 Å². The predicted octanol–water partition coefficient (Wildman–Crippen LogP) is 5.06. The summed E-state index contributed by atoms with van der Waals surface area (Å²) in [6, 6.07) is 7.96. The summed E-state index contributed by atoms with van der Waals surface area (Å²) in [7, 11) is 0. The average Bonchev–Trinajstić information content (AvgIpc) is 2.47. The second-order valence-electron chi connectivity index (χ2n) is 4.86. The van der Waals surface area contributed by atoms with Crippen molar-refractivity contribution >= 4 is 6.29 Å². The van der Waals surface area contributed by atoms with Crippen LogP contribution in [0.5, 0.6) is 0 Å². The van der Waals surface area contributed by atoms with Crippen LogP contribution in [0, 0.1) is 0 Å². The van der Waals surface area contributed by atoms with Crippen molar-refractivity contribution in [3.8, 4) is 0 Å². The highest BCUT2D eigenvalue weighted by molar-refractivity contribution is 5.68. The van der Waals surface area contributed by atoms with Crippen molar-refractivity contribution in [1.82, 2.24) is 0 Å². The summed E-state index contributed by atoms with van der Waals surface area (Å²) in [5, 5.41) is 0. The first-order valence-electron chi connectivity index (χ1n) is 6.42. The molecule has 1 nitrogen and oxygen atoms in total. The van der Waals surface area contributed by atoms with Crippen molar-refractivity contribution in [3.05, 3.63) is 70.8 Å². The molecule has 0 radical (unpaired) electrons. The van der Waals surface area contributed by atoms with Crippen molar-refractivity contribution in [2.45, 2.75) is 18.3 Å². The lowest BCUT2D eigenvalue weighted by molar-refractivity contribution is -0.138. The van der Waals surface area contributed by atoms with Crippen LogP contribution in [0.4, 0.5) is 26.3 Å². The third kappa shape index (κ3) is 3.91. The van der Waals surface area contributed by atoms with E-state index >= 15 is 0 Å². The van der Waals surface area contributed by atoms with Gasteiger partial charge in [-0.05, 0) is 23.3 Å². The Kier molecular flexibility index (Phi) is 4.49. The minimum Gasteiger partial charge on any atom is -0.302 e. The van der Waals surface area contributed by atoms with E-state index in [2.05, 4.69) is 0 Å². The molecule has 7 heteroatoms. The lowest BCUT2D eigenvalue weighted by atomic mass is 9.90. The van der Waals surface area contributed by atoms with E-state index in [1.807, 2.05) is 0 Å². The zero-order valence-corrected chi connectivity index (χ0v) is 11.4. The minimum absolute atomic E-state index is 0.0193. The van der Waals surface area contributed by atoms with Gasteiger partial charge in [-0.25, -0.2) is 0 Å². The van der Waals surface area contributed by atoms with Crippen LogP contribution in [0.25, 0.3) is 0 Å². The van der Waals surface area contributed by atoms with Crippen molar-refractivity contribution in [1.29, 1.82) is 0 Å². The third-order valence-electron chi connectivity index (χ3n) is 3.28. The largest absolute Gasteiger partial charge is 0.416 e. The standard InChI is InChI=1S/C16H10F6O/c17-15(18,19)12-5-1-3-10(7-12)14(9-23)11-4-2-6-13(8-11)16(20,21)22/h1-9,14H. The minimum atomic E-state index is -4.60. The number of rotatable bonds is 3. The van der Waals surface area contributed by atoms with Crippen LogP contribution in [0.1, 0.15) is 28.2 Å². The van der Waals surface area contributed by atoms with E-state index < -0.39 is 29.4 Å². The van der Waals surface area contributed by atoms with Gasteiger partial charge in [-0.15, -0.1) is 0 Å². The van der Waals surface area contributed by atoms with Crippen molar-refractivity contribution in [2.24, 2.45) is 0 Å². The summed E-state index contributed by atoms with van der Waals surface area (Å²) < 4.78 is 76.3. The molecule has 0 bridgehead atoms. The van der Waals surface area contributed by atoms with Gasteiger partial charge in [-0.1, -0.05) is 36.4 Å². The Morgan fingerprint density at radius 3 is 1.43 bits per heavy atom. The lowest BCUT2D eigenvalue weighted by Crippen LogP contribution is -2.10. The lowest BCUT2D eigenvalue weighted by Gasteiger charge is -2.15. The van der Waals surface area contributed by atoms with E-state index in [1.165, 1.54) is 12.1 Å². The highest BCUT2D eigenvalue weighted by Gasteiger charge is 2.32. The molecule has 0 heterocycles. The molecule has 0 aliphatic heterocycles. The molecule has 0 N–H and O–H groups in total. The summed E-state index contributed by atoms with van der Waals surface area (Å²) in [5.41, 5.74) is -1.97. The molecule has 0 amide bonds. The molecule has 0 atom stereocenters. The summed E-state index contributed by atoms with van der Waals surface area (Å²) in [6.07, 6.45) is -8.88. The molecule has 2 rings (SSSR count). The van der Waals surface area contributed by atoms with E-state index in [9.17, 15) is 31.1 Å². The molecule has 23 heavy (non-hydrogen) atoms. The Bertz CT molecular complexity index is 645. The van der Waals surface area contributed by atoms with Crippen LogP contribution in [-0.4, -0.2) is 6.29 Å². The number of benzene rings is 2. The summed E-state index contributed by atoms with van der Waals surface area (Å²) >= 11 is 0. The maximum Gasteiger partial charge on any atom is 0.416 e. The van der Waals surface area contributed by atoms with Crippen LogP contribution in [-0.2, 0) is 17.1 Å². The fraction of sp³-hybridized carbons (Fsp3) is 0.188. The van der Waals surface area contributed by atoms with Gasteiger partial charge in [0.1, 0.15) is 6.29 Å². The highest BCUT2D eigenvalue weighted by Crippen LogP contribution is 2.34. The number of carbonyl (C=O) groups excluding carboxylic acids is 1. The van der Waals surface area contributed by atoms with E-state index in [4.69, 9.17) is 0 Å². The normalized spacial score (nSPS) is 12.5. The first-order valence-corrected chi connectivity index (χ1v) is 6.42. The molecule has 2 aromatic rings. The van der Waals surface area contributed by atoms with Crippen LogP contribution in [0.15, 0.2) is 48.5 Å². The number of halogens is 6. The maximum absolute atomic E-state index is 12.7. The first-order chi connectivity index (χ1) is 10.6. The number of aldehydes is 1. The molecule has 0 aliphatic rings. The smallest absolute Gasteiger partial charge is 0.302 e. The summed E-state index contributed by atoms with van der Waals surface area (Å²) in [6.45, 7) is 0. The van der Waals surface area contributed by atoms with Crippen LogP contribution in [0.3, 0.4) is 0 Å². The van der Waals surface area contributed by atoms with Crippen molar-refractivity contribution in [3.63, 3.8) is 0 Å². The van der Waals surface area contributed by atoms with Gasteiger partial charge in [-0.2, -0.15) is 26.3 Å². The van der Waals surface area contributed by atoms with Crippen LogP contribution >= 0.6 is 0 Å². The Morgan fingerprint density at radius 2 is 1.13 bits per heavy atom. The second-order valence-corrected chi connectivity index (χ2v) is 4.86. The number of alkyl halides is 6. The molecule has 0 aromatic heterocycles. The van der Waals surface area contributed by atoms with Crippen molar-refractivity contribution < 1.29 is 31.1 Å². The number of carbonyl (C=O) groups is 1. The van der Waals surface area contributed by atoms with Gasteiger partial charge in [0, 0.05) is 0 Å². The summed E-state index contributed by atoms with van der Waals surface area (Å²) in [4.78, 5) is 11.3. The molecule has 2 aromatic carbocycles. The molecule has 122 valence electrons. The zero-order chi connectivity index (χ0) is 17.3. The molecule has 0 aliphatic carbocycles. The van der Waals surface area contributed by atoms with E-state index in [1.54, 1.807) is 0 Å². The molecule has 0 fully saturated rings. The maximum atomic E-state index is 12.7. The quantitative estimate of drug-likeness (QED) is 0.567. The fourth-order valence-corrected chi connectivity index (χ4v) is 2.17. The number of hydrogen-bond donors (Lipinski definition) is 0. The Balaban J connectivity index is 2.47. The van der Waals surface area contributed by atoms with E-state index in [-0.39, 0.29) is 11.1 Å². The van der Waals surface area contributed by atoms with Gasteiger partial charge in [-0.3, -0.25) is 0 Å². The average molecular weight is 332 g/mol. The van der Waals surface area contributed by atoms with Crippen LogP contribution in [0.2, 0.25) is 0 Å². The highest BCUT2D eigenvalue weighted by atomic mass is 19.4. The topological polar surface area (TPSA) is 17.1 Å². The third-order valence-corrected chi connectivity index (χ3v) is 3.28. The molecule has 0 unspecified atom stereocenters. The van der Waals surface area contributed by atoms with E-state index in [0.717, 1.165) is 36.4 Å². The van der Waals surface area contributed by atoms with Crippen LogP contribution < -0.4 is 0 Å². The molecular weight excluding hydrogens is 322 g/mol. The van der Waals surface area contributed by atoms with Crippen molar-refractivity contribution in [2.75, 3.05) is 0 Å². The number of hydrogen-bond acceptors (Lipinski definition) is 1. The van der Waals surface area contributed by atoms with Gasteiger partial charge in [0.15, 0.2) is 0 Å². The van der Waals surface area contributed by atoms with Gasteiger partial charge in [0.25, 0.3) is 0 Å². The monoisotopic (exact) mass is 332 g/mol. The fourth-order valence-electron chi connectivity index (χ4n) is 2.17. The van der Waals surface area contributed by atoms with Gasteiger partial charge in [0.05, 0.1) is 17.0 Å². The first kappa shape index (κ1) is 17.1. The van der Waals surface area contributed by atoms with Gasteiger partial charge < -0.3 is 4.79 Å². The molecule has 0 spiro atoms. The summed E-state index contributed by atoms with van der Waals surface area (Å²) in [5.74, 6) is -1.21. The molecule has 0 saturated heterocycles. The molecular formula is C16H10F6O. The Labute approximate surface area is 127 Å². The Hall–Kier alpha value is -2.31. The zero-order valence-electron chi connectivity index (χ0n) is 11.4. The Morgan fingerprint density at radius 1 is 0.739 bits per heavy atom.